The number of amides is 2. The molecule has 2 aliphatic carbocycles. The molecule has 12 nitrogen and oxygen atoms in total. The molecule has 0 aromatic heterocycles. The number of esters is 2. The molecule has 5 aliphatic rings. The average molecular weight is 622 g/mol. The molecule has 45 heavy (non-hydrogen) atoms. The number of carbonyl (C=O) groups excluding carboxylic acids is 4. The van der Waals surface area contributed by atoms with Crippen molar-refractivity contribution in [3.63, 3.8) is 0 Å². The second kappa shape index (κ2) is 11.1. The van der Waals surface area contributed by atoms with Crippen LogP contribution in [0.15, 0.2) is 24.3 Å². The third-order valence-corrected chi connectivity index (χ3v) is 10.0. The van der Waals surface area contributed by atoms with Crippen LogP contribution in [-0.4, -0.2) is 69.4 Å². The zero-order valence-corrected chi connectivity index (χ0v) is 25.5. The average Bonchev–Trinajstić information content (AvgIpc) is 3.75. The summed E-state index contributed by atoms with van der Waals surface area (Å²) in [5.74, 6) is -2.24. The van der Waals surface area contributed by atoms with E-state index >= 15 is 0 Å². The van der Waals surface area contributed by atoms with E-state index in [-0.39, 0.29) is 37.0 Å². The fourth-order valence-corrected chi connectivity index (χ4v) is 7.84. The summed E-state index contributed by atoms with van der Waals surface area (Å²) in [5.41, 5.74) is 2.00. The van der Waals surface area contributed by atoms with Crippen LogP contribution in [0.5, 0.6) is 28.7 Å². The first-order chi connectivity index (χ1) is 21.8. The van der Waals surface area contributed by atoms with Crippen molar-refractivity contribution < 1.29 is 52.3 Å². The van der Waals surface area contributed by atoms with Gasteiger partial charge in [-0.3, -0.25) is 19.3 Å². The molecule has 7 atom stereocenters. The van der Waals surface area contributed by atoms with Crippen molar-refractivity contribution in [2.45, 2.75) is 50.7 Å². The van der Waals surface area contributed by atoms with Gasteiger partial charge in [-0.2, -0.15) is 0 Å². The van der Waals surface area contributed by atoms with Crippen molar-refractivity contribution in [1.29, 1.82) is 0 Å². The van der Waals surface area contributed by atoms with E-state index in [4.69, 9.17) is 33.2 Å². The third-order valence-electron chi connectivity index (χ3n) is 10.0. The fraction of sp³-hybridized carbons (Fsp3) is 0.515. The van der Waals surface area contributed by atoms with Crippen LogP contribution in [0.3, 0.4) is 0 Å². The highest BCUT2D eigenvalue weighted by Gasteiger charge is 2.56. The summed E-state index contributed by atoms with van der Waals surface area (Å²) >= 11 is 0. The number of ether oxygens (including phenoxy) is 7. The molecular formula is C33H35NO11. The summed E-state index contributed by atoms with van der Waals surface area (Å²) in [4.78, 5) is 54.9. The Morgan fingerprint density at radius 3 is 2.02 bits per heavy atom. The van der Waals surface area contributed by atoms with E-state index in [0.29, 0.717) is 58.3 Å². The van der Waals surface area contributed by atoms with Gasteiger partial charge in [-0.25, -0.2) is 4.79 Å². The molecule has 2 aromatic rings. The number of fused-ring (bicyclic) bond motifs is 4. The molecular weight excluding hydrogens is 586 g/mol. The number of rotatable bonds is 7. The molecule has 12 heteroatoms. The maximum atomic E-state index is 13.8. The molecule has 3 aliphatic heterocycles. The highest BCUT2D eigenvalue weighted by atomic mass is 16.7. The van der Waals surface area contributed by atoms with Crippen LogP contribution in [-0.2, 0) is 28.7 Å². The first-order valence-corrected chi connectivity index (χ1v) is 15.2. The van der Waals surface area contributed by atoms with Gasteiger partial charge in [0.05, 0.1) is 45.7 Å². The van der Waals surface area contributed by atoms with Crippen molar-refractivity contribution in [3.8, 4) is 28.7 Å². The van der Waals surface area contributed by atoms with Gasteiger partial charge in [-0.15, -0.1) is 0 Å². The summed E-state index contributed by atoms with van der Waals surface area (Å²) in [7, 11) is 4.54. The van der Waals surface area contributed by atoms with Gasteiger partial charge in [-0.1, -0.05) is 12.8 Å². The largest absolute Gasteiger partial charge is 0.493 e. The van der Waals surface area contributed by atoms with Gasteiger partial charge in [0.1, 0.15) is 12.1 Å². The molecule has 2 aromatic carbocycles. The predicted molar refractivity (Wildman–Crippen MR) is 154 cm³/mol. The lowest BCUT2D eigenvalue weighted by Gasteiger charge is -2.39. The number of nitrogens with zero attached hydrogens (tertiary/aromatic N) is 1. The number of carbonyl (C=O) groups is 4. The van der Waals surface area contributed by atoms with Crippen LogP contribution in [0, 0.1) is 23.7 Å². The minimum absolute atomic E-state index is 0.0103. The second-order valence-corrected chi connectivity index (χ2v) is 12.2. The van der Waals surface area contributed by atoms with Crippen LogP contribution in [0.1, 0.15) is 61.3 Å². The van der Waals surface area contributed by atoms with Crippen LogP contribution < -0.4 is 23.7 Å². The van der Waals surface area contributed by atoms with Gasteiger partial charge in [-0.05, 0) is 55.2 Å². The molecule has 0 spiro atoms. The molecule has 3 heterocycles. The normalized spacial score (nSPS) is 28.5. The summed E-state index contributed by atoms with van der Waals surface area (Å²) in [6.07, 6.45) is 2.12. The van der Waals surface area contributed by atoms with E-state index in [1.165, 1.54) is 28.3 Å². The summed E-state index contributed by atoms with van der Waals surface area (Å²) < 4.78 is 40.0. The molecule has 0 bridgehead atoms. The lowest BCUT2D eigenvalue weighted by molar-refractivity contribution is -0.165. The number of hydrogen-bond donors (Lipinski definition) is 0. The predicted octanol–water partition coefficient (Wildman–Crippen LogP) is 3.52. The van der Waals surface area contributed by atoms with E-state index in [9.17, 15) is 19.2 Å². The number of methoxy groups -OCH3 is 3. The summed E-state index contributed by atoms with van der Waals surface area (Å²) in [6, 6.07) is 6.03. The topological polar surface area (TPSA) is 136 Å². The Labute approximate surface area is 259 Å². The number of cyclic esters (lactones) is 1. The van der Waals surface area contributed by atoms with E-state index < -0.39 is 41.8 Å². The Morgan fingerprint density at radius 1 is 0.844 bits per heavy atom. The molecule has 3 unspecified atom stereocenters. The number of likely N-dealkylation sites (tertiary alicyclic amines) is 1. The van der Waals surface area contributed by atoms with Crippen molar-refractivity contribution in [2.24, 2.45) is 23.7 Å². The minimum Gasteiger partial charge on any atom is -0.493 e. The van der Waals surface area contributed by atoms with Crippen LogP contribution in [0.2, 0.25) is 0 Å². The van der Waals surface area contributed by atoms with Crippen molar-refractivity contribution in [2.75, 3.05) is 34.7 Å². The molecule has 2 amide bonds. The molecule has 238 valence electrons. The maximum Gasteiger partial charge on any atom is 0.329 e. The summed E-state index contributed by atoms with van der Waals surface area (Å²) in [6.45, 7) is 1.55. The van der Waals surface area contributed by atoms with Gasteiger partial charge < -0.3 is 33.2 Å². The fourth-order valence-electron chi connectivity index (χ4n) is 7.84. The molecule has 1 saturated carbocycles. The van der Waals surface area contributed by atoms with Gasteiger partial charge in [0.15, 0.2) is 23.0 Å². The van der Waals surface area contributed by atoms with E-state index in [0.717, 1.165) is 17.7 Å². The number of imide groups is 1. The van der Waals surface area contributed by atoms with Crippen molar-refractivity contribution in [3.05, 3.63) is 41.0 Å². The lowest BCUT2D eigenvalue weighted by Crippen LogP contribution is -2.46. The quantitative estimate of drug-likeness (QED) is 0.332. The van der Waals surface area contributed by atoms with Gasteiger partial charge in [0.25, 0.3) is 0 Å². The minimum atomic E-state index is -1.13. The molecule has 0 N–H and O–H groups in total. The monoisotopic (exact) mass is 621 g/mol. The van der Waals surface area contributed by atoms with E-state index in [2.05, 4.69) is 0 Å². The maximum absolute atomic E-state index is 13.8. The zero-order valence-electron chi connectivity index (χ0n) is 25.5. The Kier molecular flexibility index (Phi) is 7.25. The highest BCUT2D eigenvalue weighted by molar-refractivity contribution is 6.07. The van der Waals surface area contributed by atoms with E-state index in [1.807, 2.05) is 0 Å². The van der Waals surface area contributed by atoms with Gasteiger partial charge in [0.2, 0.25) is 24.4 Å². The van der Waals surface area contributed by atoms with Crippen LogP contribution >= 0.6 is 0 Å². The van der Waals surface area contributed by atoms with Crippen LogP contribution in [0.25, 0.3) is 0 Å². The Morgan fingerprint density at radius 2 is 1.44 bits per heavy atom. The Hall–Kier alpha value is -4.48. The first-order valence-electron chi connectivity index (χ1n) is 15.2. The van der Waals surface area contributed by atoms with Crippen molar-refractivity contribution in [1.82, 2.24) is 4.90 Å². The molecule has 2 saturated heterocycles. The van der Waals surface area contributed by atoms with Crippen molar-refractivity contribution >= 4 is 23.8 Å². The first kappa shape index (κ1) is 29.2. The SMILES string of the molecule is COc1cc(C2c3cc4c(cc3[C@H](OC(=O)[C@@H](C)N3C(=O)C5CCCCC5C3=O)[C@H]3COC(=O)[C@H]23)OCO4)cc(OC)c1OC. The van der Waals surface area contributed by atoms with Gasteiger partial charge >= 0.3 is 11.9 Å². The highest BCUT2D eigenvalue weighted by Crippen LogP contribution is 2.56. The second-order valence-electron chi connectivity index (χ2n) is 12.2. The smallest absolute Gasteiger partial charge is 0.329 e. The Balaban J connectivity index is 1.29. The third kappa shape index (κ3) is 4.47. The standard InChI is InChI=1S/C33H35NO11/c1-15(34-30(35)17-7-5-6-8-18(17)31(34)36)32(37)45-28-20-12-23-22(43-14-44-23)11-19(20)26(27-21(28)13-42-33(27)38)16-9-24(39-2)29(41-4)25(10-16)40-3/h9-12,15,17-18,21,26-28H,5-8,13-14H2,1-4H3/t15-,17?,18?,21+,26?,27+,28+/m1/s1. The summed E-state index contributed by atoms with van der Waals surface area (Å²) in [5, 5.41) is 0. The number of benzene rings is 2. The molecule has 3 fully saturated rings. The number of hydrogen-bond acceptors (Lipinski definition) is 11. The molecule has 7 rings (SSSR count). The van der Waals surface area contributed by atoms with Crippen LogP contribution in [0.4, 0.5) is 0 Å². The molecule has 0 radical (unpaired) electrons. The van der Waals surface area contributed by atoms with Gasteiger partial charge in [0, 0.05) is 17.4 Å². The lowest BCUT2D eigenvalue weighted by atomic mass is 9.66. The zero-order chi connectivity index (χ0) is 31.6. The van der Waals surface area contributed by atoms with E-state index in [1.54, 1.807) is 24.3 Å². The Bertz CT molecular complexity index is 1540.